The van der Waals surface area contributed by atoms with E-state index < -0.39 is 0 Å². The molecule has 0 aliphatic carbocycles. The second-order valence-electron chi connectivity index (χ2n) is 6.39. The van der Waals surface area contributed by atoms with Gasteiger partial charge in [-0.25, -0.2) is 9.37 Å². The van der Waals surface area contributed by atoms with E-state index in [0.717, 1.165) is 11.1 Å². The normalized spacial score (nSPS) is 11.5. The van der Waals surface area contributed by atoms with Crippen molar-refractivity contribution in [3.63, 3.8) is 0 Å². The first-order valence-corrected chi connectivity index (χ1v) is 10.5. The molecule has 0 saturated carbocycles. The number of aromatic nitrogens is 1. The Morgan fingerprint density at radius 2 is 1.80 bits per heavy atom. The van der Waals surface area contributed by atoms with E-state index >= 15 is 0 Å². The van der Waals surface area contributed by atoms with Gasteiger partial charge < -0.3 is 9.15 Å². The average Bonchev–Trinajstić information content (AvgIpc) is 3.16. The zero-order chi connectivity index (χ0) is 21.1. The molecule has 0 saturated heterocycles. The summed E-state index contributed by atoms with van der Waals surface area (Å²) in [5.41, 5.74) is 3.25. The van der Waals surface area contributed by atoms with Crippen LogP contribution >= 0.6 is 31.9 Å². The maximum absolute atomic E-state index is 13.0. The van der Waals surface area contributed by atoms with Gasteiger partial charge in [0, 0.05) is 0 Å². The van der Waals surface area contributed by atoms with Crippen molar-refractivity contribution in [2.75, 3.05) is 0 Å². The van der Waals surface area contributed by atoms with Crippen LogP contribution in [0, 0.1) is 17.1 Å². The van der Waals surface area contributed by atoms with E-state index in [0.29, 0.717) is 38.0 Å². The summed E-state index contributed by atoms with van der Waals surface area (Å²) in [6, 6.07) is 19.3. The Morgan fingerprint density at radius 1 is 1.10 bits per heavy atom. The Bertz CT molecular complexity index is 1230. The SMILES string of the molecule is N#C/C(=C\c1cc(Br)c(OCc2ccc(F)cc2)c(Br)c1)c1nc2ccccc2o1. The highest BCUT2D eigenvalue weighted by Crippen LogP contribution is 2.36. The molecule has 0 radical (unpaired) electrons. The van der Waals surface area contributed by atoms with Gasteiger partial charge in [0.25, 0.3) is 0 Å². The molecule has 0 aliphatic heterocycles. The lowest BCUT2D eigenvalue weighted by atomic mass is 10.1. The largest absolute Gasteiger partial charge is 0.487 e. The predicted molar refractivity (Wildman–Crippen MR) is 120 cm³/mol. The summed E-state index contributed by atoms with van der Waals surface area (Å²) in [6.07, 6.45) is 1.70. The fraction of sp³-hybridized carbons (Fsp3) is 0.0435. The van der Waals surface area contributed by atoms with E-state index in [1.807, 2.05) is 30.3 Å². The van der Waals surface area contributed by atoms with Crippen molar-refractivity contribution in [3.8, 4) is 11.8 Å². The molecule has 0 amide bonds. The summed E-state index contributed by atoms with van der Waals surface area (Å²) in [6.45, 7) is 0.291. The number of allylic oxidation sites excluding steroid dienone is 1. The number of para-hydroxylation sites is 2. The maximum Gasteiger partial charge on any atom is 0.238 e. The van der Waals surface area contributed by atoms with E-state index in [9.17, 15) is 9.65 Å². The highest BCUT2D eigenvalue weighted by Gasteiger charge is 2.13. The van der Waals surface area contributed by atoms with Crippen LogP contribution in [0.25, 0.3) is 22.7 Å². The van der Waals surface area contributed by atoms with Crippen molar-refractivity contribution in [1.82, 2.24) is 4.98 Å². The van der Waals surface area contributed by atoms with Gasteiger partial charge in [0.1, 0.15) is 35.3 Å². The predicted octanol–water partition coefficient (Wildman–Crippen LogP) is 7.14. The van der Waals surface area contributed by atoms with Gasteiger partial charge >= 0.3 is 0 Å². The first kappa shape index (κ1) is 20.3. The van der Waals surface area contributed by atoms with Crippen LogP contribution in [-0.2, 0) is 6.61 Å². The van der Waals surface area contributed by atoms with Crippen molar-refractivity contribution >= 4 is 54.6 Å². The molecule has 0 aliphatic rings. The summed E-state index contributed by atoms with van der Waals surface area (Å²) in [5, 5.41) is 9.60. The lowest BCUT2D eigenvalue weighted by Gasteiger charge is -2.11. The van der Waals surface area contributed by atoms with Gasteiger partial charge in [-0.05, 0) is 85.5 Å². The van der Waals surface area contributed by atoms with Crippen molar-refractivity contribution in [2.24, 2.45) is 0 Å². The van der Waals surface area contributed by atoms with Gasteiger partial charge in [0.2, 0.25) is 5.89 Å². The molecule has 0 spiro atoms. The van der Waals surface area contributed by atoms with Gasteiger partial charge in [-0.3, -0.25) is 0 Å². The Balaban J connectivity index is 1.59. The Morgan fingerprint density at radius 3 is 2.47 bits per heavy atom. The second kappa shape index (κ2) is 8.82. The third kappa shape index (κ3) is 4.45. The Labute approximate surface area is 188 Å². The van der Waals surface area contributed by atoms with Crippen LogP contribution in [0.3, 0.4) is 0 Å². The van der Waals surface area contributed by atoms with Crippen LogP contribution < -0.4 is 4.74 Å². The zero-order valence-corrected chi connectivity index (χ0v) is 18.6. The first-order chi connectivity index (χ1) is 14.5. The molecule has 0 atom stereocenters. The van der Waals surface area contributed by atoms with E-state index in [2.05, 4.69) is 42.9 Å². The Hall–Kier alpha value is -2.95. The molecule has 4 aromatic rings. The fourth-order valence-electron chi connectivity index (χ4n) is 2.83. The van der Waals surface area contributed by atoms with Crippen molar-refractivity contribution < 1.29 is 13.5 Å². The molecular weight excluding hydrogens is 515 g/mol. The molecule has 30 heavy (non-hydrogen) atoms. The number of hydrogen-bond donors (Lipinski definition) is 0. The minimum atomic E-state index is -0.288. The maximum atomic E-state index is 13.0. The van der Waals surface area contributed by atoms with Crippen LogP contribution in [0.1, 0.15) is 17.0 Å². The number of halogens is 3. The minimum absolute atomic E-state index is 0.266. The van der Waals surface area contributed by atoms with Crippen molar-refractivity contribution in [1.29, 1.82) is 5.26 Å². The lowest BCUT2D eigenvalue weighted by molar-refractivity contribution is 0.302. The molecule has 1 aromatic heterocycles. The van der Waals surface area contributed by atoms with Gasteiger partial charge in [-0.15, -0.1) is 0 Å². The monoisotopic (exact) mass is 526 g/mol. The van der Waals surface area contributed by atoms with Crippen LogP contribution in [0.15, 0.2) is 74.0 Å². The number of oxazole rings is 1. The molecule has 0 bridgehead atoms. The molecule has 3 aromatic carbocycles. The molecule has 0 fully saturated rings. The van der Waals surface area contributed by atoms with Crippen LogP contribution in [0.4, 0.5) is 4.39 Å². The zero-order valence-electron chi connectivity index (χ0n) is 15.4. The van der Waals surface area contributed by atoms with Crippen molar-refractivity contribution in [2.45, 2.75) is 6.61 Å². The number of nitrogens with zero attached hydrogens (tertiary/aromatic N) is 2. The number of nitriles is 1. The van der Waals surface area contributed by atoms with Crippen molar-refractivity contribution in [3.05, 3.63) is 92.4 Å². The van der Waals surface area contributed by atoms with Gasteiger partial charge in [-0.2, -0.15) is 5.26 Å². The summed E-state index contributed by atoms with van der Waals surface area (Å²) >= 11 is 7.03. The van der Waals surface area contributed by atoms with Crippen LogP contribution in [0.2, 0.25) is 0 Å². The molecule has 0 N–H and O–H groups in total. The number of ether oxygens (including phenoxy) is 1. The number of fused-ring (bicyclic) bond motifs is 1. The number of rotatable bonds is 5. The summed E-state index contributed by atoms with van der Waals surface area (Å²) < 4.78 is 26.0. The lowest BCUT2D eigenvalue weighted by Crippen LogP contribution is -1.97. The summed E-state index contributed by atoms with van der Waals surface area (Å²) in [5.74, 6) is 0.587. The third-order valence-corrected chi connectivity index (χ3v) is 5.45. The minimum Gasteiger partial charge on any atom is -0.487 e. The fourth-order valence-corrected chi connectivity index (χ4v) is 4.28. The average molecular weight is 528 g/mol. The molecule has 7 heteroatoms. The van der Waals surface area contributed by atoms with E-state index in [-0.39, 0.29) is 11.7 Å². The standard InChI is InChI=1S/C23H13Br2FN2O2/c24-18-10-15(9-16(12-27)23-28-20-3-1-2-4-21(20)30-23)11-19(25)22(18)29-13-14-5-7-17(26)8-6-14/h1-11H,13H2/b16-9+. The molecule has 148 valence electrons. The number of hydrogen-bond acceptors (Lipinski definition) is 4. The van der Waals surface area contributed by atoms with Gasteiger partial charge in [0.05, 0.1) is 8.95 Å². The Kier molecular flexibility index (Phi) is 5.98. The van der Waals surface area contributed by atoms with Crippen LogP contribution in [0.5, 0.6) is 5.75 Å². The molecule has 1 heterocycles. The van der Waals surface area contributed by atoms with E-state index in [4.69, 9.17) is 9.15 Å². The molecule has 0 unspecified atom stereocenters. The van der Waals surface area contributed by atoms with E-state index in [1.54, 1.807) is 24.3 Å². The highest BCUT2D eigenvalue weighted by atomic mass is 79.9. The third-order valence-electron chi connectivity index (χ3n) is 4.27. The van der Waals surface area contributed by atoms with Crippen LogP contribution in [-0.4, -0.2) is 4.98 Å². The highest BCUT2D eigenvalue weighted by molar-refractivity contribution is 9.11. The topological polar surface area (TPSA) is 59.0 Å². The first-order valence-electron chi connectivity index (χ1n) is 8.87. The van der Waals surface area contributed by atoms with Gasteiger partial charge in [-0.1, -0.05) is 24.3 Å². The quantitative estimate of drug-likeness (QED) is 0.259. The van der Waals surface area contributed by atoms with Gasteiger partial charge in [0.15, 0.2) is 5.58 Å². The van der Waals surface area contributed by atoms with E-state index in [1.165, 1.54) is 12.1 Å². The molecule has 4 rings (SSSR count). The molecule has 4 nitrogen and oxygen atoms in total. The smallest absolute Gasteiger partial charge is 0.238 e. The second-order valence-corrected chi connectivity index (χ2v) is 8.09. The summed E-state index contributed by atoms with van der Waals surface area (Å²) in [7, 11) is 0. The molecular formula is C23H13Br2FN2O2. The summed E-state index contributed by atoms with van der Waals surface area (Å²) in [4.78, 5) is 4.38. The number of benzene rings is 3.